The summed E-state index contributed by atoms with van der Waals surface area (Å²) < 4.78 is 7.22. The van der Waals surface area contributed by atoms with Gasteiger partial charge in [0.05, 0.1) is 24.9 Å². The zero-order valence-corrected chi connectivity index (χ0v) is 15.7. The lowest BCUT2D eigenvalue weighted by Gasteiger charge is -2.37. The molecule has 0 bridgehead atoms. The maximum atomic E-state index is 12.7. The van der Waals surface area contributed by atoms with Crippen LogP contribution in [0.5, 0.6) is 0 Å². The van der Waals surface area contributed by atoms with Crippen LogP contribution in [-0.2, 0) is 11.8 Å². The second kappa shape index (κ2) is 8.19. The van der Waals surface area contributed by atoms with Crippen molar-refractivity contribution in [1.29, 1.82) is 0 Å². The van der Waals surface area contributed by atoms with Crippen LogP contribution in [0.1, 0.15) is 37.1 Å². The lowest BCUT2D eigenvalue weighted by atomic mass is 9.97. The second-order valence-electron chi connectivity index (χ2n) is 7.38. The molecule has 3 rings (SSSR count). The van der Waals surface area contributed by atoms with Crippen LogP contribution in [0.2, 0.25) is 0 Å². The van der Waals surface area contributed by atoms with E-state index >= 15 is 0 Å². The molecule has 0 saturated carbocycles. The third-order valence-corrected chi connectivity index (χ3v) is 5.28. The van der Waals surface area contributed by atoms with Crippen molar-refractivity contribution in [2.24, 2.45) is 13.0 Å². The quantitative estimate of drug-likeness (QED) is 0.896. The third kappa shape index (κ3) is 4.73. The summed E-state index contributed by atoms with van der Waals surface area (Å²) in [5.41, 5.74) is 2.05. The molecule has 2 saturated heterocycles. The van der Waals surface area contributed by atoms with Crippen LogP contribution in [0, 0.1) is 12.8 Å². The van der Waals surface area contributed by atoms with Gasteiger partial charge >= 0.3 is 6.03 Å². The van der Waals surface area contributed by atoms with Crippen molar-refractivity contribution in [3.8, 4) is 0 Å². The fourth-order valence-electron chi connectivity index (χ4n) is 3.94. The smallest absolute Gasteiger partial charge is 0.317 e. The highest BCUT2D eigenvalue weighted by Crippen LogP contribution is 2.20. The lowest BCUT2D eigenvalue weighted by molar-refractivity contribution is 0.0248. The highest BCUT2D eigenvalue weighted by atomic mass is 16.5. The first-order valence-electron chi connectivity index (χ1n) is 9.38. The van der Waals surface area contributed by atoms with Crippen LogP contribution in [0.15, 0.2) is 6.20 Å². The van der Waals surface area contributed by atoms with E-state index in [4.69, 9.17) is 4.74 Å². The number of carbonyl (C=O) groups excluding carboxylic acids is 1. The van der Waals surface area contributed by atoms with E-state index in [1.54, 1.807) is 4.68 Å². The van der Waals surface area contributed by atoms with Gasteiger partial charge < -0.3 is 15.0 Å². The van der Waals surface area contributed by atoms with Crippen molar-refractivity contribution < 1.29 is 9.53 Å². The van der Waals surface area contributed by atoms with E-state index in [1.807, 2.05) is 32.0 Å². The molecule has 140 valence electrons. The summed E-state index contributed by atoms with van der Waals surface area (Å²) in [5, 5.41) is 7.51. The van der Waals surface area contributed by atoms with E-state index < -0.39 is 0 Å². The molecule has 2 atom stereocenters. The Kier molecular flexibility index (Phi) is 5.96. The predicted molar refractivity (Wildman–Crippen MR) is 96.4 cm³/mol. The zero-order chi connectivity index (χ0) is 17.8. The van der Waals surface area contributed by atoms with Crippen LogP contribution in [0.25, 0.3) is 0 Å². The summed E-state index contributed by atoms with van der Waals surface area (Å²) in [6.07, 6.45) is 4.28. The van der Waals surface area contributed by atoms with Gasteiger partial charge in [0.2, 0.25) is 0 Å². The molecular formula is C18H31N5O2. The fraction of sp³-hybridized carbons (Fsp3) is 0.778. The van der Waals surface area contributed by atoms with Crippen molar-refractivity contribution in [3.05, 3.63) is 17.5 Å². The normalized spacial score (nSPS) is 23.5. The van der Waals surface area contributed by atoms with Gasteiger partial charge in [0.1, 0.15) is 0 Å². The van der Waals surface area contributed by atoms with Gasteiger partial charge in [-0.25, -0.2) is 4.79 Å². The Morgan fingerprint density at radius 3 is 2.84 bits per heavy atom. The first-order valence-corrected chi connectivity index (χ1v) is 9.38. The molecule has 2 aliphatic rings. The second-order valence-corrected chi connectivity index (χ2v) is 7.38. The molecule has 25 heavy (non-hydrogen) atoms. The van der Waals surface area contributed by atoms with Crippen molar-refractivity contribution >= 4 is 6.03 Å². The number of urea groups is 1. The van der Waals surface area contributed by atoms with Crippen LogP contribution in [0.4, 0.5) is 4.79 Å². The Bertz CT molecular complexity index is 582. The SMILES string of the molecule is Cc1nn(C)cc1[C@H](C)NC(=O)N1CCC[C@H](CN2CCOCC2)C1. The monoisotopic (exact) mass is 349 g/mol. The molecule has 0 unspecified atom stereocenters. The van der Waals surface area contributed by atoms with E-state index in [1.165, 1.54) is 6.42 Å². The maximum Gasteiger partial charge on any atom is 0.317 e. The molecule has 0 aliphatic carbocycles. The summed E-state index contributed by atoms with van der Waals surface area (Å²) in [6.45, 7) is 10.5. The van der Waals surface area contributed by atoms with Gasteiger partial charge in [0.15, 0.2) is 0 Å². The zero-order valence-electron chi connectivity index (χ0n) is 15.7. The van der Waals surface area contributed by atoms with E-state index in [9.17, 15) is 4.79 Å². The standard InChI is InChI=1S/C18H31N5O2/c1-14(17-13-21(3)20-15(17)2)19-18(24)23-6-4-5-16(12-23)11-22-7-9-25-10-8-22/h13-14,16H,4-12H2,1-3H3,(H,19,24)/t14-,16+/m0/s1. The lowest BCUT2D eigenvalue weighted by Crippen LogP contribution is -2.49. The van der Waals surface area contributed by atoms with E-state index in [-0.39, 0.29) is 12.1 Å². The Labute approximate surface area is 150 Å². The summed E-state index contributed by atoms with van der Waals surface area (Å²) in [4.78, 5) is 17.1. The van der Waals surface area contributed by atoms with Crippen LogP contribution in [-0.4, -0.2) is 71.5 Å². The van der Waals surface area contributed by atoms with Gasteiger partial charge in [0, 0.05) is 51.5 Å². The summed E-state index contributed by atoms with van der Waals surface area (Å²) in [7, 11) is 1.91. The molecule has 0 aromatic carbocycles. The Balaban J connectivity index is 1.51. The molecular weight excluding hydrogens is 318 g/mol. The first kappa shape index (κ1) is 18.2. The number of rotatable bonds is 4. The average molecular weight is 349 g/mol. The van der Waals surface area contributed by atoms with E-state index in [2.05, 4.69) is 15.3 Å². The van der Waals surface area contributed by atoms with E-state index in [0.29, 0.717) is 5.92 Å². The van der Waals surface area contributed by atoms with Crippen LogP contribution >= 0.6 is 0 Å². The summed E-state index contributed by atoms with van der Waals surface area (Å²) >= 11 is 0. The minimum absolute atomic E-state index is 0.0270. The fourth-order valence-corrected chi connectivity index (χ4v) is 3.94. The van der Waals surface area contributed by atoms with Gasteiger partial charge in [-0.05, 0) is 32.6 Å². The van der Waals surface area contributed by atoms with E-state index in [0.717, 1.165) is 63.6 Å². The highest BCUT2D eigenvalue weighted by molar-refractivity contribution is 5.74. The van der Waals surface area contributed by atoms with Gasteiger partial charge in [-0.15, -0.1) is 0 Å². The number of nitrogens with zero attached hydrogens (tertiary/aromatic N) is 4. The molecule has 1 aromatic heterocycles. The van der Waals surface area contributed by atoms with Crippen molar-refractivity contribution in [1.82, 2.24) is 24.9 Å². The number of ether oxygens (including phenoxy) is 1. The molecule has 0 radical (unpaired) electrons. The number of likely N-dealkylation sites (tertiary alicyclic amines) is 1. The minimum Gasteiger partial charge on any atom is -0.379 e. The number of nitrogens with one attached hydrogen (secondary N) is 1. The van der Waals surface area contributed by atoms with Gasteiger partial charge in [-0.2, -0.15) is 5.10 Å². The number of hydrogen-bond donors (Lipinski definition) is 1. The minimum atomic E-state index is -0.0270. The molecule has 0 spiro atoms. The largest absolute Gasteiger partial charge is 0.379 e. The Morgan fingerprint density at radius 2 is 2.16 bits per heavy atom. The van der Waals surface area contributed by atoms with Gasteiger partial charge in [-0.1, -0.05) is 0 Å². The topological polar surface area (TPSA) is 62.6 Å². The number of aryl methyl sites for hydroxylation is 2. The summed E-state index contributed by atoms with van der Waals surface area (Å²) in [5.74, 6) is 0.563. The molecule has 3 heterocycles. The third-order valence-electron chi connectivity index (χ3n) is 5.28. The molecule has 2 aliphatic heterocycles. The maximum absolute atomic E-state index is 12.7. The van der Waals surface area contributed by atoms with Crippen LogP contribution in [0.3, 0.4) is 0 Å². The number of amides is 2. The van der Waals surface area contributed by atoms with Crippen molar-refractivity contribution in [2.75, 3.05) is 45.9 Å². The number of morpholine rings is 1. The van der Waals surface area contributed by atoms with Gasteiger partial charge in [0.25, 0.3) is 0 Å². The van der Waals surface area contributed by atoms with Crippen molar-refractivity contribution in [2.45, 2.75) is 32.7 Å². The molecule has 7 nitrogen and oxygen atoms in total. The van der Waals surface area contributed by atoms with Crippen LogP contribution < -0.4 is 5.32 Å². The average Bonchev–Trinajstić information content (AvgIpc) is 2.94. The molecule has 1 aromatic rings. The molecule has 2 fully saturated rings. The molecule has 1 N–H and O–H groups in total. The molecule has 2 amide bonds. The predicted octanol–water partition coefficient (Wildman–Crippen LogP) is 1.54. The number of hydrogen-bond acceptors (Lipinski definition) is 4. The van der Waals surface area contributed by atoms with Gasteiger partial charge in [-0.3, -0.25) is 9.58 Å². The Morgan fingerprint density at radius 1 is 1.40 bits per heavy atom. The number of aromatic nitrogens is 2. The molecule has 7 heteroatoms. The first-order chi connectivity index (χ1) is 12.0. The van der Waals surface area contributed by atoms with Crippen molar-refractivity contribution in [3.63, 3.8) is 0 Å². The highest BCUT2D eigenvalue weighted by Gasteiger charge is 2.27. The summed E-state index contributed by atoms with van der Waals surface area (Å²) in [6, 6.07) is 0.0169. The Hall–Kier alpha value is -1.60. The number of carbonyl (C=O) groups is 1. The number of piperidine rings is 1.